The normalized spacial score (nSPS) is 14.5. The third kappa shape index (κ3) is 2.55. The molecule has 3 heterocycles. The molecular formula is C12H17N7. The van der Waals surface area contributed by atoms with Gasteiger partial charge >= 0.3 is 0 Å². The first-order chi connectivity index (χ1) is 9.36. The van der Waals surface area contributed by atoms with Gasteiger partial charge in [-0.2, -0.15) is 0 Å². The van der Waals surface area contributed by atoms with Crippen molar-refractivity contribution in [1.82, 2.24) is 30.0 Å². The van der Waals surface area contributed by atoms with Gasteiger partial charge in [0.05, 0.1) is 6.54 Å². The third-order valence-electron chi connectivity index (χ3n) is 3.19. The highest BCUT2D eigenvalue weighted by atomic mass is 15.3. The Hall–Kier alpha value is -2.02. The minimum Gasteiger partial charge on any atom is -0.331 e. The van der Waals surface area contributed by atoms with Crippen LogP contribution in [0.5, 0.6) is 0 Å². The predicted molar refractivity (Wildman–Crippen MR) is 70.5 cm³/mol. The molecule has 0 unspecified atom stereocenters. The monoisotopic (exact) mass is 259 g/mol. The van der Waals surface area contributed by atoms with Crippen molar-refractivity contribution in [2.45, 2.75) is 26.6 Å². The van der Waals surface area contributed by atoms with E-state index in [0.717, 1.165) is 43.5 Å². The predicted octanol–water partition coefficient (Wildman–Crippen LogP) is 0.198. The largest absolute Gasteiger partial charge is 0.331 e. The number of anilines is 1. The molecule has 1 aliphatic heterocycles. The van der Waals surface area contributed by atoms with Gasteiger partial charge in [0, 0.05) is 37.6 Å². The van der Waals surface area contributed by atoms with Crippen LogP contribution in [0.25, 0.3) is 0 Å². The van der Waals surface area contributed by atoms with Gasteiger partial charge in [0.25, 0.3) is 0 Å². The molecule has 3 rings (SSSR count). The average molecular weight is 259 g/mol. The highest BCUT2D eigenvalue weighted by Crippen LogP contribution is 2.15. The van der Waals surface area contributed by atoms with Crippen LogP contribution in [-0.4, -0.2) is 37.8 Å². The molecule has 2 aromatic heterocycles. The van der Waals surface area contributed by atoms with Crippen LogP contribution in [-0.2, 0) is 19.6 Å². The lowest BCUT2D eigenvalue weighted by Crippen LogP contribution is -2.34. The molecule has 0 radical (unpaired) electrons. The molecule has 7 nitrogen and oxygen atoms in total. The van der Waals surface area contributed by atoms with E-state index < -0.39 is 0 Å². The van der Waals surface area contributed by atoms with Crippen LogP contribution in [0.1, 0.15) is 18.3 Å². The fourth-order valence-electron chi connectivity index (χ4n) is 2.11. The highest BCUT2D eigenvalue weighted by molar-refractivity contribution is 5.31. The lowest BCUT2D eigenvalue weighted by atomic mass is 10.3. The number of hydrogen-bond acceptors (Lipinski definition) is 6. The lowest BCUT2D eigenvalue weighted by molar-refractivity contribution is 0.551. The Morgan fingerprint density at radius 2 is 2.11 bits per heavy atom. The van der Waals surface area contributed by atoms with E-state index in [4.69, 9.17) is 0 Å². The maximum atomic E-state index is 4.43. The number of fused-ring (bicyclic) bond motifs is 1. The molecule has 2 aromatic rings. The molecule has 0 spiro atoms. The maximum absolute atomic E-state index is 4.43. The van der Waals surface area contributed by atoms with Gasteiger partial charge < -0.3 is 14.8 Å². The Balaban J connectivity index is 1.70. The summed E-state index contributed by atoms with van der Waals surface area (Å²) in [5.74, 6) is 1.72. The number of rotatable bonds is 4. The molecule has 0 aliphatic carbocycles. The summed E-state index contributed by atoms with van der Waals surface area (Å²) in [5, 5.41) is 11.3. The SMILES string of the molecule is CCNCc1cnc(N2CCn3cnnc3C2)nc1. The molecule has 100 valence electrons. The second-order valence-corrected chi connectivity index (χ2v) is 4.53. The van der Waals surface area contributed by atoms with Crippen molar-refractivity contribution in [2.75, 3.05) is 18.0 Å². The molecule has 1 aliphatic rings. The van der Waals surface area contributed by atoms with Crippen LogP contribution < -0.4 is 10.2 Å². The Bertz CT molecular complexity index is 533. The first-order valence-electron chi connectivity index (χ1n) is 6.50. The number of aromatic nitrogens is 5. The van der Waals surface area contributed by atoms with E-state index in [9.17, 15) is 0 Å². The zero-order chi connectivity index (χ0) is 13.1. The molecule has 0 bridgehead atoms. The van der Waals surface area contributed by atoms with Gasteiger partial charge in [-0.1, -0.05) is 6.92 Å². The van der Waals surface area contributed by atoms with E-state index in [2.05, 4.69) is 41.9 Å². The Morgan fingerprint density at radius 3 is 2.89 bits per heavy atom. The summed E-state index contributed by atoms with van der Waals surface area (Å²) in [6.07, 6.45) is 5.53. The fourth-order valence-corrected chi connectivity index (χ4v) is 2.11. The van der Waals surface area contributed by atoms with Gasteiger partial charge in [0.1, 0.15) is 6.33 Å². The van der Waals surface area contributed by atoms with Gasteiger partial charge in [0.15, 0.2) is 5.82 Å². The van der Waals surface area contributed by atoms with E-state index in [1.54, 1.807) is 6.33 Å². The summed E-state index contributed by atoms with van der Waals surface area (Å²) in [4.78, 5) is 11.0. The standard InChI is InChI=1S/C12H17N7/c1-2-13-5-10-6-14-12(15-7-10)18-3-4-19-9-16-17-11(19)8-18/h6-7,9,13H,2-5,8H2,1H3. The van der Waals surface area contributed by atoms with Crippen LogP contribution in [0.3, 0.4) is 0 Å². The molecule has 0 saturated heterocycles. The van der Waals surface area contributed by atoms with E-state index in [1.165, 1.54) is 0 Å². The molecular weight excluding hydrogens is 242 g/mol. The average Bonchev–Trinajstić information content (AvgIpc) is 2.93. The van der Waals surface area contributed by atoms with Crippen LogP contribution in [0, 0.1) is 0 Å². The van der Waals surface area contributed by atoms with Crippen LogP contribution >= 0.6 is 0 Å². The summed E-state index contributed by atoms with van der Waals surface area (Å²) in [6.45, 7) is 6.32. The summed E-state index contributed by atoms with van der Waals surface area (Å²) < 4.78 is 2.07. The summed E-state index contributed by atoms with van der Waals surface area (Å²) in [6, 6.07) is 0. The van der Waals surface area contributed by atoms with Crippen LogP contribution in [0.2, 0.25) is 0 Å². The van der Waals surface area contributed by atoms with E-state index in [0.29, 0.717) is 6.54 Å². The topological polar surface area (TPSA) is 71.8 Å². The zero-order valence-electron chi connectivity index (χ0n) is 11.0. The minimum atomic E-state index is 0.715. The summed E-state index contributed by atoms with van der Waals surface area (Å²) in [7, 11) is 0. The van der Waals surface area contributed by atoms with E-state index >= 15 is 0 Å². The first-order valence-corrected chi connectivity index (χ1v) is 6.50. The number of hydrogen-bond donors (Lipinski definition) is 1. The maximum Gasteiger partial charge on any atom is 0.225 e. The lowest BCUT2D eigenvalue weighted by Gasteiger charge is -2.26. The van der Waals surface area contributed by atoms with E-state index in [-0.39, 0.29) is 0 Å². The van der Waals surface area contributed by atoms with Crippen molar-refractivity contribution in [3.8, 4) is 0 Å². The van der Waals surface area contributed by atoms with Crippen molar-refractivity contribution in [3.63, 3.8) is 0 Å². The Morgan fingerprint density at radius 1 is 1.26 bits per heavy atom. The highest BCUT2D eigenvalue weighted by Gasteiger charge is 2.19. The molecule has 0 saturated carbocycles. The van der Waals surface area contributed by atoms with Crippen LogP contribution in [0.15, 0.2) is 18.7 Å². The van der Waals surface area contributed by atoms with Gasteiger partial charge in [0.2, 0.25) is 5.95 Å². The molecule has 0 atom stereocenters. The van der Waals surface area contributed by atoms with Gasteiger partial charge in [-0.05, 0) is 6.54 Å². The Labute approximate surface area is 111 Å². The number of nitrogens with one attached hydrogen (secondary N) is 1. The van der Waals surface area contributed by atoms with Crippen LogP contribution in [0.4, 0.5) is 5.95 Å². The molecule has 0 fully saturated rings. The molecule has 0 amide bonds. The van der Waals surface area contributed by atoms with Crippen molar-refractivity contribution in [2.24, 2.45) is 0 Å². The van der Waals surface area contributed by atoms with Gasteiger partial charge in [-0.25, -0.2) is 9.97 Å². The molecule has 0 aromatic carbocycles. The quantitative estimate of drug-likeness (QED) is 0.845. The second kappa shape index (κ2) is 5.31. The summed E-state index contributed by atoms with van der Waals surface area (Å²) >= 11 is 0. The minimum absolute atomic E-state index is 0.715. The van der Waals surface area contributed by atoms with Crippen molar-refractivity contribution >= 4 is 5.95 Å². The van der Waals surface area contributed by atoms with Gasteiger partial charge in [-0.3, -0.25) is 0 Å². The second-order valence-electron chi connectivity index (χ2n) is 4.53. The van der Waals surface area contributed by atoms with Crippen molar-refractivity contribution < 1.29 is 0 Å². The smallest absolute Gasteiger partial charge is 0.225 e. The molecule has 19 heavy (non-hydrogen) atoms. The zero-order valence-corrected chi connectivity index (χ0v) is 11.0. The van der Waals surface area contributed by atoms with E-state index in [1.807, 2.05) is 12.4 Å². The molecule has 7 heteroatoms. The third-order valence-corrected chi connectivity index (χ3v) is 3.19. The Kier molecular flexibility index (Phi) is 3.37. The summed E-state index contributed by atoms with van der Waals surface area (Å²) in [5.41, 5.74) is 1.10. The fraction of sp³-hybridized carbons (Fsp3) is 0.500. The molecule has 1 N–H and O–H groups in total. The first kappa shape index (κ1) is 12.0. The van der Waals surface area contributed by atoms with Crippen molar-refractivity contribution in [3.05, 3.63) is 30.1 Å². The van der Waals surface area contributed by atoms with Crippen molar-refractivity contribution in [1.29, 1.82) is 0 Å². The van der Waals surface area contributed by atoms with Gasteiger partial charge in [-0.15, -0.1) is 10.2 Å². The number of nitrogens with zero attached hydrogens (tertiary/aromatic N) is 6.